The van der Waals surface area contributed by atoms with E-state index in [1.54, 1.807) is 7.11 Å². The van der Waals surface area contributed by atoms with Crippen molar-refractivity contribution < 1.29 is 9.47 Å². The lowest BCUT2D eigenvalue weighted by Crippen LogP contribution is -2.27. The SMILES string of the molecule is C=C[C@H](C)[C@@H](OCOC)C(C)C. The van der Waals surface area contributed by atoms with Gasteiger partial charge in [0.2, 0.25) is 0 Å². The van der Waals surface area contributed by atoms with E-state index in [4.69, 9.17) is 9.47 Å². The topological polar surface area (TPSA) is 18.5 Å². The summed E-state index contributed by atoms with van der Waals surface area (Å²) in [6, 6.07) is 0. The minimum absolute atomic E-state index is 0.211. The van der Waals surface area contributed by atoms with Crippen LogP contribution in [0.3, 0.4) is 0 Å². The summed E-state index contributed by atoms with van der Waals surface area (Å²) in [6.45, 7) is 10.5. The third-order valence-electron chi connectivity index (χ3n) is 1.93. The summed E-state index contributed by atoms with van der Waals surface area (Å²) in [4.78, 5) is 0. The van der Waals surface area contributed by atoms with Gasteiger partial charge in [0.25, 0.3) is 0 Å². The number of methoxy groups -OCH3 is 1. The first-order valence-electron chi connectivity index (χ1n) is 4.36. The Morgan fingerprint density at radius 2 is 1.92 bits per heavy atom. The Bertz CT molecular complexity index is 121. The van der Waals surface area contributed by atoms with Gasteiger partial charge in [-0.1, -0.05) is 26.8 Å². The second-order valence-corrected chi connectivity index (χ2v) is 3.38. The van der Waals surface area contributed by atoms with Gasteiger partial charge in [0.1, 0.15) is 6.79 Å². The normalized spacial score (nSPS) is 16.1. The lowest BCUT2D eigenvalue weighted by atomic mass is 9.95. The molecule has 0 N–H and O–H groups in total. The van der Waals surface area contributed by atoms with Crippen LogP contribution in [0.1, 0.15) is 20.8 Å². The van der Waals surface area contributed by atoms with Crippen molar-refractivity contribution >= 4 is 0 Å². The van der Waals surface area contributed by atoms with Crippen LogP contribution in [-0.2, 0) is 9.47 Å². The van der Waals surface area contributed by atoms with Crippen molar-refractivity contribution in [2.75, 3.05) is 13.9 Å². The van der Waals surface area contributed by atoms with Gasteiger partial charge in [0.05, 0.1) is 6.10 Å². The Kier molecular flexibility index (Phi) is 6.03. The minimum atomic E-state index is 0.211. The van der Waals surface area contributed by atoms with E-state index in [9.17, 15) is 0 Å². The van der Waals surface area contributed by atoms with Crippen molar-refractivity contribution in [3.63, 3.8) is 0 Å². The molecule has 0 bridgehead atoms. The Labute approximate surface area is 75.6 Å². The van der Waals surface area contributed by atoms with E-state index in [2.05, 4.69) is 27.4 Å². The molecule has 0 fully saturated rings. The summed E-state index contributed by atoms with van der Waals surface area (Å²) in [5.74, 6) is 0.869. The molecular weight excluding hydrogens is 152 g/mol. The number of hydrogen-bond donors (Lipinski definition) is 0. The Morgan fingerprint density at radius 1 is 1.33 bits per heavy atom. The predicted octanol–water partition coefficient (Wildman–Crippen LogP) is 2.45. The average Bonchev–Trinajstić information content (AvgIpc) is 2.04. The van der Waals surface area contributed by atoms with Crippen LogP contribution < -0.4 is 0 Å². The highest BCUT2D eigenvalue weighted by atomic mass is 16.7. The molecule has 72 valence electrons. The van der Waals surface area contributed by atoms with E-state index >= 15 is 0 Å². The molecular formula is C10H20O2. The second-order valence-electron chi connectivity index (χ2n) is 3.38. The van der Waals surface area contributed by atoms with E-state index in [0.717, 1.165) is 0 Å². The van der Waals surface area contributed by atoms with Gasteiger partial charge in [0, 0.05) is 13.0 Å². The molecule has 12 heavy (non-hydrogen) atoms. The van der Waals surface area contributed by atoms with E-state index in [-0.39, 0.29) is 6.10 Å². The van der Waals surface area contributed by atoms with Crippen LogP contribution in [-0.4, -0.2) is 20.0 Å². The number of ether oxygens (including phenoxy) is 2. The maximum Gasteiger partial charge on any atom is 0.146 e. The van der Waals surface area contributed by atoms with E-state index in [0.29, 0.717) is 18.6 Å². The standard InChI is InChI=1S/C10H20O2/c1-6-9(4)10(8(2)3)12-7-11-5/h6,8-10H,1,7H2,2-5H3/t9-,10-/m0/s1. The van der Waals surface area contributed by atoms with Crippen LogP contribution in [0.5, 0.6) is 0 Å². The Morgan fingerprint density at radius 3 is 2.25 bits per heavy atom. The third-order valence-corrected chi connectivity index (χ3v) is 1.93. The largest absolute Gasteiger partial charge is 0.359 e. The number of hydrogen-bond acceptors (Lipinski definition) is 2. The molecule has 0 aliphatic carbocycles. The molecule has 0 aromatic heterocycles. The molecule has 0 saturated carbocycles. The molecule has 0 aliphatic heterocycles. The molecule has 0 aromatic carbocycles. The summed E-state index contributed by atoms with van der Waals surface area (Å²) in [7, 11) is 1.63. The first-order valence-corrected chi connectivity index (χ1v) is 4.36. The molecule has 0 saturated heterocycles. The van der Waals surface area contributed by atoms with Crippen LogP contribution in [0.4, 0.5) is 0 Å². The molecule has 0 radical (unpaired) electrons. The zero-order chi connectivity index (χ0) is 9.56. The summed E-state index contributed by atoms with van der Waals surface area (Å²) < 4.78 is 10.4. The van der Waals surface area contributed by atoms with Crippen molar-refractivity contribution in [1.29, 1.82) is 0 Å². The first kappa shape index (κ1) is 11.7. The predicted molar refractivity (Wildman–Crippen MR) is 50.9 cm³/mol. The molecule has 2 heteroatoms. The van der Waals surface area contributed by atoms with E-state index in [1.165, 1.54) is 0 Å². The molecule has 0 amide bonds. The van der Waals surface area contributed by atoms with Crippen LogP contribution in [0.15, 0.2) is 12.7 Å². The summed E-state index contributed by atoms with van der Waals surface area (Å²) in [5, 5.41) is 0. The quantitative estimate of drug-likeness (QED) is 0.452. The van der Waals surface area contributed by atoms with Crippen molar-refractivity contribution in [2.45, 2.75) is 26.9 Å². The van der Waals surface area contributed by atoms with Crippen molar-refractivity contribution in [3.8, 4) is 0 Å². The summed E-state index contributed by atoms with van der Waals surface area (Å²) in [5.41, 5.74) is 0. The highest BCUT2D eigenvalue weighted by Crippen LogP contribution is 2.17. The molecule has 0 unspecified atom stereocenters. The van der Waals surface area contributed by atoms with E-state index in [1.807, 2.05) is 6.08 Å². The molecule has 0 rings (SSSR count). The highest BCUT2D eigenvalue weighted by molar-refractivity contribution is 4.83. The first-order chi connectivity index (χ1) is 5.63. The molecule has 0 aromatic rings. The molecule has 0 spiro atoms. The lowest BCUT2D eigenvalue weighted by Gasteiger charge is -2.24. The highest BCUT2D eigenvalue weighted by Gasteiger charge is 2.18. The fourth-order valence-corrected chi connectivity index (χ4v) is 1.23. The van der Waals surface area contributed by atoms with Crippen LogP contribution in [0.25, 0.3) is 0 Å². The average molecular weight is 172 g/mol. The lowest BCUT2D eigenvalue weighted by molar-refractivity contribution is -0.0985. The van der Waals surface area contributed by atoms with Crippen molar-refractivity contribution in [2.24, 2.45) is 11.8 Å². The van der Waals surface area contributed by atoms with Gasteiger partial charge < -0.3 is 9.47 Å². The maximum absolute atomic E-state index is 5.51. The zero-order valence-electron chi connectivity index (χ0n) is 8.54. The van der Waals surface area contributed by atoms with Gasteiger partial charge in [0.15, 0.2) is 0 Å². The van der Waals surface area contributed by atoms with Gasteiger partial charge in [-0.15, -0.1) is 6.58 Å². The molecule has 2 nitrogen and oxygen atoms in total. The van der Waals surface area contributed by atoms with Gasteiger partial charge in [-0.3, -0.25) is 0 Å². The maximum atomic E-state index is 5.51. The zero-order valence-corrected chi connectivity index (χ0v) is 8.54. The van der Waals surface area contributed by atoms with Crippen molar-refractivity contribution in [3.05, 3.63) is 12.7 Å². The van der Waals surface area contributed by atoms with Gasteiger partial charge in [-0.05, 0) is 5.92 Å². The third kappa shape index (κ3) is 3.88. The minimum Gasteiger partial charge on any atom is -0.359 e. The van der Waals surface area contributed by atoms with Gasteiger partial charge in [-0.25, -0.2) is 0 Å². The molecule has 2 atom stereocenters. The second kappa shape index (κ2) is 6.21. The smallest absolute Gasteiger partial charge is 0.146 e. The Balaban J connectivity index is 3.94. The van der Waals surface area contributed by atoms with Crippen LogP contribution >= 0.6 is 0 Å². The summed E-state index contributed by atoms with van der Waals surface area (Å²) in [6.07, 6.45) is 2.13. The van der Waals surface area contributed by atoms with E-state index < -0.39 is 0 Å². The monoisotopic (exact) mass is 172 g/mol. The number of rotatable bonds is 6. The Hall–Kier alpha value is -0.340. The van der Waals surface area contributed by atoms with Crippen molar-refractivity contribution in [1.82, 2.24) is 0 Å². The van der Waals surface area contributed by atoms with Crippen LogP contribution in [0.2, 0.25) is 0 Å². The molecule has 0 aliphatic rings. The van der Waals surface area contributed by atoms with Gasteiger partial charge in [-0.2, -0.15) is 0 Å². The van der Waals surface area contributed by atoms with Crippen LogP contribution in [0, 0.1) is 11.8 Å². The fourth-order valence-electron chi connectivity index (χ4n) is 1.23. The fraction of sp³-hybridized carbons (Fsp3) is 0.800. The molecule has 0 heterocycles. The summed E-state index contributed by atoms with van der Waals surface area (Å²) >= 11 is 0. The van der Waals surface area contributed by atoms with Gasteiger partial charge >= 0.3 is 0 Å².